The molecule has 3 aromatic rings. The number of carbonyl (C=O) groups is 1. The lowest BCUT2D eigenvalue weighted by Crippen LogP contribution is -2.12. The molecule has 136 valence electrons. The molecule has 2 heterocycles. The minimum atomic E-state index is -0.0972. The van der Waals surface area contributed by atoms with Gasteiger partial charge in [0.15, 0.2) is 16.6 Å². The molecule has 1 aromatic carbocycles. The fraction of sp³-hybridized carbons (Fsp3) is 0.222. The zero-order valence-corrected chi connectivity index (χ0v) is 16.6. The van der Waals surface area contributed by atoms with E-state index in [1.807, 2.05) is 35.7 Å². The molecule has 1 amide bonds. The molecule has 0 radical (unpaired) electrons. The molecule has 3 rings (SSSR count). The number of amides is 1. The summed E-state index contributed by atoms with van der Waals surface area (Å²) in [6.45, 7) is 0. The summed E-state index contributed by atoms with van der Waals surface area (Å²) in [5.41, 5.74) is 1.74. The first-order valence-electron chi connectivity index (χ1n) is 7.81. The minimum Gasteiger partial charge on any atom is -0.493 e. The second-order valence-electron chi connectivity index (χ2n) is 5.34. The molecule has 2 aromatic heterocycles. The molecule has 0 aliphatic carbocycles. The van der Waals surface area contributed by atoms with Crippen LogP contribution in [-0.2, 0) is 11.2 Å². The highest BCUT2D eigenvalue weighted by molar-refractivity contribution is 7.20. The number of benzene rings is 1. The molecule has 0 fully saturated rings. The van der Waals surface area contributed by atoms with Crippen molar-refractivity contribution >= 4 is 45.3 Å². The van der Waals surface area contributed by atoms with Crippen LogP contribution in [0.15, 0.2) is 35.7 Å². The Labute approximate surface area is 164 Å². The van der Waals surface area contributed by atoms with E-state index in [1.165, 1.54) is 22.7 Å². The van der Waals surface area contributed by atoms with Gasteiger partial charge in [0, 0.05) is 11.8 Å². The first-order valence-corrected chi connectivity index (χ1v) is 9.89. The van der Waals surface area contributed by atoms with Crippen LogP contribution in [0.25, 0.3) is 10.6 Å². The van der Waals surface area contributed by atoms with Crippen molar-refractivity contribution in [2.24, 2.45) is 0 Å². The molecule has 0 aliphatic heterocycles. The Balaban J connectivity index is 1.61. The Morgan fingerprint density at radius 3 is 2.77 bits per heavy atom. The van der Waals surface area contributed by atoms with E-state index >= 15 is 0 Å². The molecule has 0 saturated heterocycles. The van der Waals surface area contributed by atoms with E-state index in [2.05, 4.69) is 10.3 Å². The van der Waals surface area contributed by atoms with Gasteiger partial charge >= 0.3 is 0 Å². The average Bonchev–Trinajstić information content (AvgIpc) is 3.28. The van der Waals surface area contributed by atoms with Crippen LogP contribution in [0.4, 0.5) is 5.13 Å². The highest BCUT2D eigenvalue weighted by atomic mass is 35.5. The van der Waals surface area contributed by atoms with Gasteiger partial charge in [0.05, 0.1) is 29.1 Å². The van der Waals surface area contributed by atoms with Crippen LogP contribution in [0, 0.1) is 0 Å². The summed E-state index contributed by atoms with van der Waals surface area (Å²) in [5.74, 6) is 1.22. The molecule has 26 heavy (non-hydrogen) atoms. The van der Waals surface area contributed by atoms with Crippen LogP contribution in [-0.4, -0.2) is 25.1 Å². The molecule has 0 bridgehead atoms. The third kappa shape index (κ3) is 4.35. The fourth-order valence-electron chi connectivity index (χ4n) is 2.48. The van der Waals surface area contributed by atoms with E-state index in [0.717, 1.165) is 16.1 Å². The van der Waals surface area contributed by atoms with Crippen LogP contribution in [0.2, 0.25) is 4.34 Å². The third-order valence-electron chi connectivity index (χ3n) is 3.68. The van der Waals surface area contributed by atoms with Gasteiger partial charge in [-0.1, -0.05) is 23.7 Å². The number of nitrogens with one attached hydrogen (secondary N) is 1. The van der Waals surface area contributed by atoms with Crippen molar-refractivity contribution < 1.29 is 14.3 Å². The van der Waals surface area contributed by atoms with E-state index < -0.39 is 0 Å². The van der Waals surface area contributed by atoms with E-state index in [-0.39, 0.29) is 5.91 Å². The number of methoxy groups -OCH3 is 2. The molecular formula is C18H17ClN2O3S2. The zero-order valence-electron chi connectivity index (χ0n) is 14.2. The van der Waals surface area contributed by atoms with Crippen molar-refractivity contribution in [2.75, 3.05) is 19.5 Å². The minimum absolute atomic E-state index is 0.0972. The number of hydrogen-bond donors (Lipinski definition) is 1. The van der Waals surface area contributed by atoms with Crippen molar-refractivity contribution in [3.8, 4) is 22.1 Å². The number of halogens is 1. The van der Waals surface area contributed by atoms with Gasteiger partial charge in [-0.05, 0) is 30.2 Å². The molecule has 1 N–H and O–H groups in total. The summed E-state index contributed by atoms with van der Waals surface area (Å²) in [6, 6.07) is 9.39. The monoisotopic (exact) mass is 408 g/mol. The predicted octanol–water partition coefficient (Wildman–Crippen LogP) is 5.11. The van der Waals surface area contributed by atoms with Gasteiger partial charge < -0.3 is 14.8 Å². The largest absolute Gasteiger partial charge is 0.493 e. The zero-order chi connectivity index (χ0) is 18.5. The van der Waals surface area contributed by atoms with Gasteiger partial charge in [0.25, 0.3) is 0 Å². The van der Waals surface area contributed by atoms with Gasteiger partial charge in [0.1, 0.15) is 0 Å². The SMILES string of the molecule is COc1cccc(CCC(=O)Nc2nc(-c3ccc(Cl)s3)cs2)c1OC. The maximum Gasteiger partial charge on any atom is 0.226 e. The van der Waals surface area contributed by atoms with Gasteiger partial charge in [-0.25, -0.2) is 4.98 Å². The van der Waals surface area contributed by atoms with Crippen molar-refractivity contribution in [2.45, 2.75) is 12.8 Å². The second-order valence-corrected chi connectivity index (χ2v) is 7.92. The number of hydrogen-bond acceptors (Lipinski definition) is 6. The summed E-state index contributed by atoms with van der Waals surface area (Å²) in [6.07, 6.45) is 0.869. The molecule has 0 unspecified atom stereocenters. The third-order valence-corrected chi connectivity index (χ3v) is 5.69. The van der Waals surface area contributed by atoms with Crippen LogP contribution < -0.4 is 14.8 Å². The summed E-state index contributed by atoms with van der Waals surface area (Å²) < 4.78 is 11.4. The van der Waals surface area contributed by atoms with Crippen molar-refractivity contribution in [3.05, 3.63) is 45.6 Å². The molecule has 8 heteroatoms. The topological polar surface area (TPSA) is 60.5 Å². The Morgan fingerprint density at radius 1 is 1.23 bits per heavy atom. The number of carbonyl (C=O) groups excluding carboxylic acids is 1. The maximum absolute atomic E-state index is 12.3. The lowest BCUT2D eigenvalue weighted by atomic mass is 10.1. The quantitative estimate of drug-likeness (QED) is 0.589. The van der Waals surface area contributed by atoms with E-state index in [4.69, 9.17) is 21.1 Å². The van der Waals surface area contributed by atoms with E-state index in [0.29, 0.717) is 33.8 Å². The first-order chi connectivity index (χ1) is 12.6. The number of aromatic nitrogens is 1. The maximum atomic E-state index is 12.3. The summed E-state index contributed by atoms with van der Waals surface area (Å²) in [7, 11) is 3.19. The Bertz CT molecular complexity index is 907. The lowest BCUT2D eigenvalue weighted by Gasteiger charge is -2.12. The predicted molar refractivity (Wildman–Crippen MR) is 107 cm³/mol. The van der Waals surface area contributed by atoms with Gasteiger partial charge in [0.2, 0.25) is 5.91 Å². The molecule has 0 saturated carbocycles. The lowest BCUT2D eigenvalue weighted by molar-refractivity contribution is -0.116. The smallest absolute Gasteiger partial charge is 0.226 e. The van der Waals surface area contributed by atoms with E-state index in [1.54, 1.807) is 14.2 Å². The molecule has 5 nitrogen and oxygen atoms in total. The fourth-order valence-corrected chi connectivity index (χ4v) is 4.28. The average molecular weight is 409 g/mol. The number of thiazole rings is 1. The van der Waals surface area contributed by atoms with Crippen molar-refractivity contribution in [3.63, 3.8) is 0 Å². The van der Waals surface area contributed by atoms with Crippen molar-refractivity contribution in [1.82, 2.24) is 4.98 Å². The highest BCUT2D eigenvalue weighted by Crippen LogP contribution is 2.33. The number of ether oxygens (including phenoxy) is 2. The summed E-state index contributed by atoms with van der Waals surface area (Å²) in [4.78, 5) is 17.7. The second kappa shape index (κ2) is 8.53. The van der Waals surface area contributed by atoms with Crippen LogP contribution in [0.1, 0.15) is 12.0 Å². The Morgan fingerprint density at radius 2 is 2.08 bits per heavy atom. The summed E-state index contributed by atoms with van der Waals surface area (Å²) >= 11 is 8.80. The number of para-hydroxylation sites is 1. The standard InChI is InChI=1S/C18H17ClN2O3S2/c1-23-13-5-3-4-11(17(13)24-2)6-9-16(22)21-18-20-12(10-25-18)14-7-8-15(19)26-14/h3-5,7-8,10H,6,9H2,1-2H3,(H,20,21,22). The van der Waals surface area contributed by atoms with Gasteiger partial charge in [-0.3, -0.25) is 4.79 Å². The Kier molecular flexibility index (Phi) is 6.13. The normalized spacial score (nSPS) is 10.6. The molecular weight excluding hydrogens is 392 g/mol. The first kappa shape index (κ1) is 18.7. The number of thiophene rings is 1. The van der Waals surface area contributed by atoms with Gasteiger partial charge in [-0.2, -0.15) is 0 Å². The van der Waals surface area contributed by atoms with Crippen LogP contribution in [0.3, 0.4) is 0 Å². The van der Waals surface area contributed by atoms with Crippen LogP contribution >= 0.6 is 34.3 Å². The number of rotatable bonds is 7. The number of aryl methyl sites for hydroxylation is 1. The molecule has 0 atom stereocenters. The molecule has 0 spiro atoms. The molecule has 0 aliphatic rings. The van der Waals surface area contributed by atoms with Gasteiger partial charge in [-0.15, -0.1) is 22.7 Å². The highest BCUT2D eigenvalue weighted by Gasteiger charge is 2.13. The van der Waals surface area contributed by atoms with Crippen molar-refractivity contribution in [1.29, 1.82) is 0 Å². The van der Waals surface area contributed by atoms with Crippen LogP contribution in [0.5, 0.6) is 11.5 Å². The number of anilines is 1. The van der Waals surface area contributed by atoms with E-state index in [9.17, 15) is 4.79 Å². The number of nitrogens with zero attached hydrogens (tertiary/aromatic N) is 1. The summed E-state index contributed by atoms with van der Waals surface area (Å²) in [5, 5.41) is 5.32. The Hall–Kier alpha value is -2.09.